The Hall–Kier alpha value is -6.86. The van der Waals surface area contributed by atoms with E-state index in [2.05, 4.69) is 152 Å². The zero-order chi connectivity index (χ0) is 43.0. The van der Waals surface area contributed by atoms with Crippen LogP contribution in [-0.4, -0.2) is 0 Å². The number of benzene rings is 9. The Morgan fingerprint density at radius 3 is 1.41 bits per heavy atom. The molecule has 1 aliphatic carbocycles. The summed E-state index contributed by atoms with van der Waals surface area (Å²) >= 11 is 3.51. The topological polar surface area (TPSA) is 6.48 Å². The summed E-state index contributed by atoms with van der Waals surface area (Å²) in [6.07, 6.45) is 0. The van der Waals surface area contributed by atoms with Gasteiger partial charge in [0.1, 0.15) is 11.6 Å². The van der Waals surface area contributed by atoms with Crippen molar-refractivity contribution >= 4 is 108 Å². The van der Waals surface area contributed by atoms with Crippen molar-refractivity contribution in [3.63, 3.8) is 0 Å². The lowest BCUT2D eigenvalue weighted by molar-refractivity contribution is 0.628. The highest BCUT2D eigenvalue weighted by Gasteiger charge is 2.39. The number of hydrogen-bond donors (Lipinski definition) is 0. The maximum Gasteiger partial charge on any atom is 0.147 e. The van der Waals surface area contributed by atoms with E-state index in [1.54, 1.807) is 34.8 Å². The van der Waals surface area contributed by atoms with Crippen molar-refractivity contribution in [3.8, 4) is 11.1 Å². The minimum absolute atomic E-state index is 0.292. The van der Waals surface area contributed by atoms with Gasteiger partial charge in [0.2, 0.25) is 0 Å². The minimum Gasteiger partial charge on any atom is -0.308 e. The first-order valence-electron chi connectivity index (χ1n) is 21.5. The standard InChI is InChI=1S/C55H36F2N2S2.C2H6/c1-55(2)43-29-33(58(47-19-9-7-17-45(47)56)34-23-26-39-37-14-5-11-21-50(37)60-52(39)30-34)25-28-42(43)54-41-16-4-3-13-36(41)49(32-44(54)55)59(48-20-10-8-18-46(48)57)35-24-27-40-38-15-6-12-22-51(38)61-53(40)31-35;1-2/h3-32H,1-2H3;1-2H3. The van der Waals surface area contributed by atoms with E-state index in [0.29, 0.717) is 11.4 Å². The van der Waals surface area contributed by atoms with Gasteiger partial charge in [-0.15, -0.1) is 22.7 Å². The lowest BCUT2D eigenvalue weighted by Gasteiger charge is -2.30. The monoisotopic (exact) mass is 856 g/mol. The first-order valence-corrected chi connectivity index (χ1v) is 23.1. The molecule has 0 bridgehead atoms. The molecule has 0 spiro atoms. The SMILES string of the molecule is CC.CC1(C)c2cc(N(c3ccc4c(c3)sc3ccccc34)c3ccccc3F)ccc2-c2c1cc(N(c1ccc3c(c1)sc1ccccc13)c1ccccc1F)c1ccccc21. The number of hydrogen-bond acceptors (Lipinski definition) is 4. The van der Waals surface area contributed by atoms with Gasteiger partial charge in [0.15, 0.2) is 0 Å². The number of rotatable bonds is 6. The fourth-order valence-corrected chi connectivity index (χ4v) is 12.0. The Bertz CT molecular complexity index is 3580. The van der Waals surface area contributed by atoms with Gasteiger partial charge >= 0.3 is 0 Å². The van der Waals surface area contributed by atoms with Crippen molar-refractivity contribution in [2.75, 3.05) is 9.80 Å². The van der Waals surface area contributed by atoms with Crippen LogP contribution in [-0.2, 0) is 5.41 Å². The Morgan fingerprint density at radius 1 is 0.381 bits per heavy atom. The molecule has 0 saturated carbocycles. The number of anilines is 6. The molecule has 2 heterocycles. The van der Waals surface area contributed by atoms with Gasteiger partial charge in [0, 0.05) is 68.2 Å². The molecule has 0 amide bonds. The summed E-state index contributed by atoms with van der Waals surface area (Å²) in [6, 6.07) is 61.3. The third-order valence-electron chi connectivity index (χ3n) is 12.6. The lowest BCUT2D eigenvalue weighted by Crippen LogP contribution is -2.18. The van der Waals surface area contributed by atoms with Crippen LogP contribution in [0.2, 0.25) is 0 Å². The summed E-state index contributed by atoms with van der Waals surface area (Å²) in [6.45, 7) is 8.54. The number of thiophene rings is 2. The Morgan fingerprint density at radius 2 is 0.825 bits per heavy atom. The fraction of sp³-hybridized carbons (Fsp3) is 0.0877. The minimum atomic E-state index is -0.466. The van der Waals surface area contributed by atoms with Crippen LogP contribution in [0, 0.1) is 11.6 Å². The molecule has 9 aromatic carbocycles. The zero-order valence-electron chi connectivity index (χ0n) is 35.3. The van der Waals surface area contributed by atoms with E-state index in [0.717, 1.165) is 59.6 Å². The van der Waals surface area contributed by atoms with Crippen molar-refractivity contribution in [1.82, 2.24) is 0 Å². The van der Waals surface area contributed by atoms with Crippen LogP contribution in [0.1, 0.15) is 38.8 Å². The molecule has 0 atom stereocenters. The van der Waals surface area contributed by atoms with Gasteiger partial charge < -0.3 is 9.80 Å². The van der Waals surface area contributed by atoms with E-state index in [-0.39, 0.29) is 11.6 Å². The third-order valence-corrected chi connectivity index (χ3v) is 14.8. The van der Waals surface area contributed by atoms with Gasteiger partial charge in [-0.3, -0.25) is 0 Å². The second-order valence-electron chi connectivity index (χ2n) is 16.3. The molecule has 0 saturated heterocycles. The number of para-hydroxylation sites is 2. The fourth-order valence-electron chi connectivity index (χ4n) is 9.68. The zero-order valence-corrected chi connectivity index (χ0v) is 36.9. The quantitative estimate of drug-likeness (QED) is 0.164. The van der Waals surface area contributed by atoms with Crippen LogP contribution in [0.15, 0.2) is 182 Å². The molecule has 12 rings (SSSR count). The largest absolute Gasteiger partial charge is 0.308 e. The lowest BCUT2D eigenvalue weighted by atomic mass is 9.81. The number of nitrogens with zero attached hydrogens (tertiary/aromatic N) is 2. The summed E-state index contributed by atoms with van der Waals surface area (Å²) in [4.78, 5) is 4.14. The van der Waals surface area contributed by atoms with Crippen LogP contribution < -0.4 is 9.80 Å². The van der Waals surface area contributed by atoms with Gasteiger partial charge in [-0.05, 0) is 107 Å². The number of halogens is 2. The van der Waals surface area contributed by atoms with Gasteiger partial charge in [-0.1, -0.05) is 131 Å². The van der Waals surface area contributed by atoms with Crippen molar-refractivity contribution in [2.24, 2.45) is 0 Å². The van der Waals surface area contributed by atoms with Gasteiger partial charge in [-0.25, -0.2) is 8.78 Å². The molecule has 63 heavy (non-hydrogen) atoms. The van der Waals surface area contributed by atoms with Crippen molar-refractivity contribution in [3.05, 3.63) is 205 Å². The van der Waals surface area contributed by atoms with Crippen molar-refractivity contribution in [2.45, 2.75) is 33.1 Å². The summed E-state index contributed by atoms with van der Waals surface area (Å²) in [7, 11) is 0. The summed E-state index contributed by atoms with van der Waals surface area (Å²) in [5.74, 6) is -0.586. The third kappa shape index (κ3) is 6.15. The van der Waals surface area contributed by atoms with E-state index in [1.165, 1.54) is 48.6 Å². The molecular formula is C57H42F2N2S2. The van der Waals surface area contributed by atoms with Crippen LogP contribution >= 0.6 is 22.7 Å². The second-order valence-corrected chi connectivity index (χ2v) is 18.5. The average Bonchev–Trinajstić information content (AvgIpc) is 3.95. The molecule has 0 N–H and O–H groups in total. The van der Waals surface area contributed by atoms with Crippen molar-refractivity contribution < 1.29 is 8.78 Å². The highest BCUT2D eigenvalue weighted by molar-refractivity contribution is 7.26. The van der Waals surface area contributed by atoms with Gasteiger partial charge in [0.05, 0.1) is 17.1 Å². The van der Waals surface area contributed by atoms with E-state index in [4.69, 9.17) is 0 Å². The van der Waals surface area contributed by atoms with Crippen molar-refractivity contribution in [1.29, 1.82) is 0 Å². The Balaban J connectivity index is 0.00000219. The second kappa shape index (κ2) is 15.2. The molecule has 2 aromatic heterocycles. The smallest absolute Gasteiger partial charge is 0.147 e. The molecule has 2 nitrogen and oxygen atoms in total. The molecule has 0 unspecified atom stereocenters. The highest BCUT2D eigenvalue weighted by atomic mass is 32.1. The van der Waals surface area contributed by atoms with Crippen LogP contribution in [0.3, 0.4) is 0 Å². The Kier molecular flexibility index (Phi) is 9.41. The predicted molar refractivity (Wildman–Crippen MR) is 268 cm³/mol. The maximum atomic E-state index is 16.2. The highest BCUT2D eigenvalue weighted by Crippen LogP contribution is 2.56. The maximum absolute atomic E-state index is 16.2. The molecule has 0 radical (unpaired) electrons. The molecule has 0 fully saturated rings. The van der Waals surface area contributed by atoms with Crippen LogP contribution in [0.4, 0.5) is 42.9 Å². The Labute approximate surface area is 373 Å². The summed E-state index contributed by atoms with van der Waals surface area (Å²) in [5.41, 5.74) is 8.68. The molecular weight excluding hydrogens is 815 g/mol. The van der Waals surface area contributed by atoms with E-state index >= 15 is 8.78 Å². The first kappa shape index (κ1) is 39.0. The van der Waals surface area contributed by atoms with E-state index in [9.17, 15) is 0 Å². The van der Waals surface area contributed by atoms with Gasteiger partial charge in [-0.2, -0.15) is 0 Å². The molecule has 1 aliphatic rings. The summed E-state index contributed by atoms with van der Waals surface area (Å²) < 4.78 is 37.0. The molecule has 6 heteroatoms. The van der Waals surface area contributed by atoms with Crippen LogP contribution in [0.25, 0.3) is 62.2 Å². The first-order chi connectivity index (χ1) is 30.8. The molecule has 306 valence electrons. The molecule has 11 aromatic rings. The normalized spacial score (nSPS) is 12.7. The summed E-state index contributed by atoms with van der Waals surface area (Å²) in [5, 5.41) is 6.96. The number of fused-ring (bicyclic) bond motifs is 11. The van der Waals surface area contributed by atoms with Crippen LogP contribution in [0.5, 0.6) is 0 Å². The average molecular weight is 857 g/mol. The van der Waals surface area contributed by atoms with Gasteiger partial charge in [0.25, 0.3) is 0 Å². The predicted octanol–water partition coefficient (Wildman–Crippen LogP) is 18.1. The van der Waals surface area contributed by atoms with E-state index < -0.39 is 5.41 Å². The van der Waals surface area contributed by atoms with E-state index in [1.807, 2.05) is 43.0 Å². The molecule has 0 aliphatic heterocycles.